The average Bonchev–Trinajstić information content (AvgIpc) is 2.73. The van der Waals surface area contributed by atoms with Gasteiger partial charge in [0.25, 0.3) is 0 Å². The van der Waals surface area contributed by atoms with Crippen LogP contribution in [0.1, 0.15) is 23.2 Å². The molecule has 0 saturated carbocycles. The van der Waals surface area contributed by atoms with Crippen molar-refractivity contribution < 1.29 is 32.7 Å². The molecule has 0 unspecified atom stereocenters. The number of amides is 1. The third-order valence-electron chi connectivity index (χ3n) is 5.49. The third-order valence-corrected chi connectivity index (χ3v) is 5.49. The van der Waals surface area contributed by atoms with Crippen molar-refractivity contribution in [3.05, 3.63) is 23.8 Å². The molecule has 2 aliphatic heterocycles. The second-order valence-corrected chi connectivity index (χ2v) is 7.39. The van der Waals surface area contributed by atoms with Gasteiger partial charge in [0, 0.05) is 51.0 Å². The third kappa shape index (κ3) is 4.48. The fraction of sp³-hybridized carbons (Fsp3) is 0.579. The second-order valence-electron chi connectivity index (χ2n) is 7.39. The predicted molar refractivity (Wildman–Crippen MR) is 100 cm³/mol. The summed E-state index contributed by atoms with van der Waals surface area (Å²) in [5.41, 5.74) is -0.768. The summed E-state index contributed by atoms with van der Waals surface area (Å²) < 4.78 is 49.2. The van der Waals surface area contributed by atoms with Crippen molar-refractivity contribution in [3.8, 4) is 0 Å². The molecule has 1 N–H and O–H groups in total. The van der Waals surface area contributed by atoms with Crippen LogP contribution in [-0.4, -0.2) is 74.2 Å². The van der Waals surface area contributed by atoms with Crippen LogP contribution in [-0.2, 0) is 9.53 Å². The van der Waals surface area contributed by atoms with E-state index in [1.165, 1.54) is 6.07 Å². The van der Waals surface area contributed by atoms with Gasteiger partial charge < -0.3 is 19.6 Å². The van der Waals surface area contributed by atoms with Crippen LogP contribution in [0.25, 0.3) is 0 Å². The Morgan fingerprint density at radius 1 is 1.17 bits per heavy atom. The van der Waals surface area contributed by atoms with Crippen LogP contribution in [0.3, 0.4) is 0 Å². The summed E-state index contributed by atoms with van der Waals surface area (Å²) in [6, 6.07) is 3.78. The van der Waals surface area contributed by atoms with Gasteiger partial charge in [-0.15, -0.1) is 5.12 Å². The topological polar surface area (TPSA) is 73.3 Å². The van der Waals surface area contributed by atoms with Crippen LogP contribution in [0.15, 0.2) is 18.2 Å². The lowest BCUT2D eigenvalue weighted by molar-refractivity contribution is -0.159. The van der Waals surface area contributed by atoms with Crippen molar-refractivity contribution in [1.29, 1.82) is 0 Å². The lowest BCUT2D eigenvalue weighted by Gasteiger charge is -2.34. The zero-order valence-corrected chi connectivity index (χ0v) is 16.1. The average molecular weight is 415 g/mol. The Labute approximate surface area is 166 Å². The van der Waals surface area contributed by atoms with E-state index in [0.29, 0.717) is 18.8 Å². The lowest BCUT2D eigenvalue weighted by Crippen LogP contribution is -2.47. The summed E-state index contributed by atoms with van der Waals surface area (Å²) in [6.45, 7) is 2.85. The molecule has 2 aliphatic rings. The van der Waals surface area contributed by atoms with Gasteiger partial charge in [0.1, 0.15) is 0 Å². The van der Waals surface area contributed by atoms with Crippen LogP contribution in [0.5, 0.6) is 0 Å². The number of anilines is 2. The van der Waals surface area contributed by atoms with E-state index in [4.69, 9.17) is 4.74 Å². The molecule has 3 rings (SSSR count). The van der Waals surface area contributed by atoms with E-state index in [-0.39, 0.29) is 26.1 Å². The molecule has 1 aromatic carbocycles. The number of hydrogen-bond acceptors (Lipinski definition) is 5. The van der Waals surface area contributed by atoms with Crippen LogP contribution in [0, 0.1) is 5.92 Å². The first-order valence-electron chi connectivity index (χ1n) is 9.48. The standard InChI is InChI=1S/C19H24F3N3O4/c1-23-6-8-24(9-7-23)14-2-3-15(17(26)27)16(12-14)25(22)18(28)19(20,21)13-4-10-29-11-5-13/h2-3,12-13H,4-11H2,1H3,(H,26,27). The number of carbonyl (C=O) groups excluding carboxylic acids is 1. The molecule has 7 nitrogen and oxygen atoms in total. The molecular weight excluding hydrogens is 391 g/mol. The Hall–Kier alpha value is -2.33. The fourth-order valence-electron chi connectivity index (χ4n) is 3.60. The smallest absolute Gasteiger partial charge is 0.337 e. The van der Waals surface area contributed by atoms with E-state index in [1.54, 1.807) is 0 Å². The van der Waals surface area contributed by atoms with Crippen molar-refractivity contribution in [1.82, 2.24) is 4.90 Å². The first kappa shape index (κ1) is 21.4. The van der Waals surface area contributed by atoms with Crippen molar-refractivity contribution in [2.24, 2.45) is 5.92 Å². The predicted octanol–water partition coefficient (Wildman–Crippen LogP) is 2.42. The Morgan fingerprint density at radius 2 is 1.79 bits per heavy atom. The van der Waals surface area contributed by atoms with E-state index in [1.807, 2.05) is 11.9 Å². The number of rotatable bonds is 5. The maximum absolute atomic E-state index is 14.9. The number of carbonyl (C=O) groups is 2. The molecule has 2 heterocycles. The minimum absolute atomic E-state index is 0.0685. The highest BCUT2D eigenvalue weighted by atomic mass is 19.3. The van der Waals surface area contributed by atoms with Crippen LogP contribution >= 0.6 is 0 Å². The number of likely N-dealkylation sites (N-methyl/N-ethyl adjacent to an activating group) is 1. The van der Waals surface area contributed by atoms with Crippen molar-refractivity contribution in [2.75, 3.05) is 56.5 Å². The van der Waals surface area contributed by atoms with Gasteiger partial charge in [0.05, 0.1) is 11.3 Å². The van der Waals surface area contributed by atoms with Gasteiger partial charge in [0.2, 0.25) is 0 Å². The minimum atomic E-state index is -3.96. The fourth-order valence-corrected chi connectivity index (χ4v) is 3.60. The van der Waals surface area contributed by atoms with Crippen molar-refractivity contribution >= 4 is 23.3 Å². The quantitative estimate of drug-likeness (QED) is 0.745. The molecule has 0 aliphatic carbocycles. The first-order valence-corrected chi connectivity index (χ1v) is 9.48. The maximum atomic E-state index is 14.9. The molecule has 0 atom stereocenters. The summed E-state index contributed by atoms with van der Waals surface area (Å²) in [5.74, 6) is -8.87. The summed E-state index contributed by atoms with van der Waals surface area (Å²) >= 11 is 0. The summed E-state index contributed by atoms with van der Waals surface area (Å²) in [4.78, 5) is 27.8. The second kappa shape index (κ2) is 8.58. The van der Waals surface area contributed by atoms with Gasteiger partial charge in [0.15, 0.2) is 0 Å². The monoisotopic (exact) mass is 415 g/mol. The number of carboxylic acid groups (broad SMARTS) is 1. The molecule has 2 saturated heterocycles. The first-order chi connectivity index (χ1) is 13.7. The zero-order chi connectivity index (χ0) is 21.2. The highest BCUT2D eigenvalue weighted by Gasteiger charge is 2.51. The molecule has 10 heteroatoms. The number of carboxylic acids is 1. The van der Waals surface area contributed by atoms with Gasteiger partial charge in [-0.05, 0) is 38.1 Å². The SMILES string of the molecule is CN1CCN(c2ccc(C(=O)O)c(N(F)C(=O)C(F)(F)C3CCOCC3)c2)CC1. The van der Waals surface area contributed by atoms with E-state index < -0.39 is 40.1 Å². The van der Waals surface area contributed by atoms with Gasteiger partial charge in [-0.3, -0.25) is 4.79 Å². The number of hydrogen-bond donors (Lipinski definition) is 1. The number of nitrogens with zero attached hydrogens (tertiary/aromatic N) is 3. The molecule has 0 radical (unpaired) electrons. The van der Waals surface area contributed by atoms with E-state index in [9.17, 15) is 28.0 Å². The number of alkyl halides is 2. The lowest BCUT2D eigenvalue weighted by atomic mass is 9.92. The van der Waals surface area contributed by atoms with Crippen LogP contribution in [0.2, 0.25) is 0 Å². The Bertz CT molecular complexity index is 763. The molecule has 0 aromatic heterocycles. The number of benzene rings is 1. The largest absolute Gasteiger partial charge is 0.478 e. The van der Waals surface area contributed by atoms with Gasteiger partial charge in [-0.1, -0.05) is 4.48 Å². The van der Waals surface area contributed by atoms with E-state index in [2.05, 4.69) is 4.90 Å². The normalized spacial score (nSPS) is 19.2. The summed E-state index contributed by atoms with van der Waals surface area (Å²) in [6.07, 6.45) is -0.139. The highest BCUT2D eigenvalue weighted by molar-refractivity contribution is 6.03. The van der Waals surface area contributed by atoms with Gasteiger partial charge in [-0.2, -0.15) is 8.78 Å². The number of aromatic carboxylic acids is 1. The van der Waals surface area contributed by atoms with Crippen LogP contribution < -0.4 is 10.0 Å². The molecule has 1 amide bonds. The summed E-state index contributed by atoms with van der Waals surface area (Å²) in [7, 11) is 1.96. The maximum Gasteiger partial charge on any atom is 0.337 e. The highest BCUT2D eigenvalue weighted by Crippen LogP contribution is 2.37. The minimum Gasteiger partial charge on any atom is -0.478 e. The Morgan fingerprint density at radius 3 is 2.38 bits per heavy atom. The summed E-state index contributed by atoms with van der Waals surface area (Å²) in [5, 5.41) is 8.65. The Kier molecular flexibility index (Phi) is 6.33. The molecular formula is C19H24F3N3O4. The Balaban J connectivity index is 1.89. The molecule has 1 aromatic rings. The van der Waals surface area contributed by atoms with E-state index >= 15 is 0 Å². The van der Waals surface area contributed by atoms with Crippen LogP contribution in [0.4, 0.5) is 24.6 Å². The molecule has 29 heavy (non-hydrogen) atoms. The van der Waals surface area contributed by atoms with E-state index in [0.717, 1.165) is 25.2 Å². The number of ether oxygens (including phenoxy) is 1. The number of halogens is 3. The van der Waals surface area contributed by atoms with Crippen molar-refractivity contribution in [3.63, 3.8) is 0 Å². The van der Waals surface area contributed by atoms with Gasteiger partial charge in [-0.25, -0.2) is 4.79 Å². The van der Waals surface area contributed by atoms with Gasteiger partial charge >= 0.3 is 17.8 Å². The molecule has 160 valence electrons. The molecule has 0 spiro atoms. The number of piperazine rings is 1. The molecule has 0 bridgehead atoms. The zero-order valence-electron chi connectivity index (χ0n) is 16.1. The van der Waals surface area contributed by atoms with Crippen molar-refractivity contribution in [2.45, 2.75) is 18.8 Å². The molecule has 2 fully saturated rings.